The minimum atomic E-state index is -0.622. The van der Waals surface area contributed by atoms with Gasteiger partial charge in [0.2, 0.25) is 5.91 Å². The van der Waals surface area contributed by atoms with Gasteiger partial charge in [-0.1, -0.05) is 24.3 Å². The maximum atomic E-state index is 13.6. The Morgan fingerprint density at radius 3 is 2.65 bits per heavy atom. The number of hydrogen-bond donors (Lipinski definition) is 0. The number of nitrogens with zero attached hydrogens (tertiary/aromatic N) is 3. The average Bonchev–Trinajstić information content (AvgIpc) is 2.63. The van der Waals surface area contributed by atoms with Crippen molar-refractivity contribution in [2.75, 3.05) is 7.05 Å². The van der Waals surface area contributed by atoms with E-state index in [1.165, 1.54) is 16.7 Å². The molecule has 26 heavy (non-hydrogen) atoms. The first-order chi connectivity index (χ1) is 12.5. The van der Waals surface area contributed by atoms with Crippen molar-refractivity contribution in [2.45, 2.75) is 25.4 Å². The van der Waals surface area contributed by atoms with Crippen LogP contribution in [0.15, 0.2) is 53.3 Å². The minimum Gasteiger partial charge on any atom is -0.333 e. The molecule has 0 bridgehead atoms. The highest BCUT2D eigenvalue weighted by Crippen LogP contribution is 2.31. The van der Waals surface area contributed by atoms with Crippen LogP contribution < -0.4 is 5.56 Å². The van der Waals surface area contributed by atoms with Crippen molar-refractivity contribution in [3.63, 3.8) is 0 Å². The molecule has 1 aliphatic rings. The fourth-order valence-electron chi connectivity index (χ4n) is 3.62. The van der Waals surface area contributed by atoms with Gasteiger partial charge in [0.1, 0.15) is 17.7 Å². The normalized spacial score (nSPS) is 19.7. The maximum absolute atomic E-state index is 13.6. The summed E-state index contributed by atoms with van der Waals surface area (Å²) < 4.78 is 15.1. The molecule has 0 radical (unpaired) electrons. The number of fused-ring (bicyclic) bond motifs is 2. The van der Waals surface area contributed by atoms with Crippen LogP contribution in [0.25, 0.3) is 10.9 Å². The summed E-state index contributed by atoms with van der Waals surface area (Å²) in [6.45, 7) is 1.71. The Labute approximate surface area is 149 Å². The molecular formula is C20H18FN3O2. The van der Waals surface area contributed by atoms with Gasteiger partial charge in [-0.3, -0.25) is 14.2 Å². The molecule has 2 heterocycles. The van der Waals surface area contributed by atoms with Crippen LogP contribution in [0.2, 0.25) is 0 Å². The van der Waals surface area contributed by atoms with E-state index in [-0.39, 0.29) is 17.3 Å². The second-order valence-corrected chi connectivity index (χ2v) is 6.64. The lowest BCUT2D eigenvalue weighted by Crippen LogP contribution is -2.48. The molecule has 1 aliphatic heterocycles. The topological polar surface area (TPSA) is 55.2 Å². The number of hydrogen-bond acceptors (Lipinski definition) is 3. The van der Waals surface area contributed by atoms with Gasteiger partial charge < -0.3 is 4.90 Å². The molecule has 0 N–H and O–H groups in total. The lowest BCUT2D eigenvalue weighted by molar-refractivity contribution is -0.137. The molecule has 0 saturated heterocycles. The van der Waals surface area contributed by atoms with E-state index in [4.69, 9.17) is 0 Å². The van der Waals surface area contributed by atoms with Gasteiger partial charge in [0.25, 0.3) is 5.56 Å². The quantitative estimate of drug-likeness (QED) is 0.713. The molecule has 1 aromatic heterocycles. The number of likely N-dealkylation sites (N-methyl/N-ethyl adjacent to an activating group) is 1. The lowest BCUT2D eigenvalue weighted by atomic mass is 10.00. The Bertz CT molecular complexity index is 1080. The van der Waals surface area contributed by atoms with Crippen LogP contribution in [-0.4, -0.2) is 27.4 Å². The predicted molar refractivity (Wildman–Crippen MR) is 96.3 cm³/mol. The Hall–Kier alpha value is -3.02. The number of para-hydroxylation sites is 1. The summed E-state index contributed by atoms with van der Waals surface area (Å²) in [5, 5.41) is 0.491. The van der Waals surface area contributed by atoms with Gasteiger partial charge >= 0.3 is 0 Å². The molecule has 1 amide bonds. The molecule has 0 fully saturated rings. The molecule has 132 valence electrons. The van der Waals surface area contributed by atoms with Crippen molar-refractivity contribution in [1.82, 2.24) is 14.5 Å². The summed E-state index contributed by atoms with van der Waals surface area (Å²) in [5.41, 5.74) is 1.13. The molecule has 0 saturated carbocycles. The van der Waals surface area contributed by atoms with Gasteiger partial charge in [-0.05, 0) is 36.8 Å². The summed E-state index contributed by atoms with van der Waals surface area (Å²) in [6.07, 6.45) is 0.386. The zero-order valence-electron chi connectivity index (χ0n) is 14.5. The molecule has 2 aromatic carbocycles. The van der Waals surface area contributed by atoms with Gasteiger partial charge in [0, 0.05) is 13.5 Å². The molecule has 0 aliphatic carbocycles. The minimum absolute atomic E-state index is 0.155. The zero-order chi connectivity index (χ0) is 18.4. The summed E-state index contributed by atoms with van der Waals surface area (Å²) in [4.78, 5) is 32.0. The monoisotopic (exact) mass is 351 g/mol. The number of benzene rings is 2. The predicted octanol–water partition coefficient (Wildman–Crippen LogP) is 2.85. The second-order valence-electron chi connectivity index (χ2n) is 6.64. The van der Waals surface area contributed by atoms with Crippen molar-refractivity contribution in [3.05, 3.63) is 76.1 Å². The third kappa shape index (κ3) is 2.49. The summed E-state index contributed by atoms with van der Waals surface area (Å²) in [7, 11) is 1.70. The van der Waals surface area contributed by atoms with Crippen LogP contribution in [-0.2, 0) is 11.2 Å². The summed E-state index contributed by atoms with van der Waals surface area (Å²) in [5.74, 6) is 0.0511. The number of amides is 1. The first-order valence-corrected chi connectivity index (χ1v) is 8.49. The molecule has 2 atom stereocenters. The number of carbonyl (C=O) groups excluding carboxylic acids is 1. The van der Waals surface area contributed by atoms with Gasteiger partial charge in [-0.2, -0.15) is 0 Å². The van der Waals surface area contributed by atoms with Crippen LogP contribution >= 0.6 is 0 Å². The van der Waals surface area contributed by atoms with E-state index in [9.17, 15) is 14.0 Å². The van der Waals surface area contributed by atoms with Gasteiger partial charge in [-0.15, -0.1) is 0 Å². The number of aromatic nitrogens is 2. The first kappa shape index (κ1) is 16.4. The third-order valence-corrected chi connectivity index (χ3v) is 5.01. The van der Waals surface area contributed by atoms with E-state index in [2.05, 4.69) is 4.98 Å². The van der Waals surface area contributed by atoms with E-state index in [0.717, 1.165) is 5.56 Å². The maximum Gasteiger partial charge on any atom is 0.262 e. The molecular weight excluding hydrogens is 333 g/mol. The average molecular weight is 351 g/mol. The highest BCUT2D eigenvalue weighted by atomic mass is 19.1. The van der Waals surface area contributed by atoms with E-state index < -0.39 is 12.1 Å². The third-order valence-electron chi connectivity index (χ3n) is 5.01. The van der Waals surface area contributed by atoms with Crippen LogP contribution in [0.5, 0.6) is 0 Å². The summed E-state index contributed by atoms with van der Waals surface area (Å²) in [6, 6.07) is 12.3. The highest BCUT2D eigenvalue weighted by Gasteiger charge is 2.37. The highest BCUT2D eigenvalue weighted by molar-refractivity contribution is 5.83. The largest absolute Gasteiger partial charge is 0.333 e. The molecule has 4 rings (SSSR count). The lowest BCUT2D eigenvalue weighted by Gasteiger charge is -2.37. The van der Waals surface area contributed by atoms with E-state index in [0.29, 0.717) is 23.1 Å². The van der Waals surface area contributed by atoms with Crippen LogP contribution in [0.4, 0.5) is 4.39 Å². The van der Waals surface area contributed by atoms with Crippen LogP contribution in [0, 0.1) is 5.82 Å². The molecule has 5 nitrogen and oxygen atoms in total. The first-order valence-electron chi connectivity index (χ1n) is 8.49. The van der Waals surface area contributed by atoms with Crippen molar-refractivity contribution in [3.8, 4) is 0 Å². The SMILES string of the molecule is C[C@H]1C(=O)N(C)[C@@H](Cc2cccc(F)c2)c2nc3ccccc3c(=O)n21. The number of rotatable bonds is 2. The van der Waals surface area contributed by atoms with Crippen LogP contribution in [0.1, 0.15) is 30.4 Å². The fourth-order valence-corrected chi connectivity index (χ4v) is 3.62. The molecule has 0 spiro atoms. The molecule has 6 heteroatoms. The van der Waals surface area contributed by atoms with Crippen molar-refractivity contribution in [2.24, 2.45) is 0 Å². The second kappa shape index (κ2) is 6.05. The van der Waals surface area contributed by atoms with E-state index in [1.807, 2.05) is 12.1 Å². The van der Waals surface area contributed by atoms with E-state index in [1.54, 1.807) is 43.1 Å². The molecule has 0 unspecified atom stereocenters. The van der Waals surface area contributed by atoms with Crippen LogP contribution in [0.3, 0.4) is 0 Å². The van der Waals surface area contributed by atoms with Gasteiger partial charge in [0.15, 0.2) is 0 Å². The molecule has 3 aromatic rings. The Morgan fingerprint density at radius 1 is 1.12 bits per heavy atom. The standard InChI is InChI=1S/C20H18FN3O2/c1-12-19(25)23(2)17(11-13-6-5-7-14(21)10-13)18-22-16-9-4-3-8-15(16)20(26)24(12)18/h3-10,12,17H,11H2,1-2H3/t12-,17-/m0/s1. The zero-order valence-corrected chi connectivity index (χ0v) is 14.5. The van der Waals surface area contributed by atoms with Crippen molar-refractivity contribution in [1.29, 1.82) is 0 Å². The Kier molecular flexibility index (Phi) is 3.83. The van der Waals surface area contributed by atoms with Gasteiger partial charge in [-0.25, -0.2) is 9.37 Å². The van der Waals surface area contributed by atoms with Crippen molar-refractivity contribution < 1.29 is 9.18 Å². The smallest absolute Gasteiger partial charge is 0.262 e. The Balaban J connectivity index is 1.92. The van der Waals surface area contributed by atoms with Crippen molar-refractivity contribution >= 4 is 16.8 Å². The van der Waals surface area contributed by atoms with Gasteiger partial charge in [0.05, 0.1) is 16.9 Å². The fraction of sp³-hybridized carbons (Fsp3) is 0.250. The Morgan fingerprint density at radius 2 is 1.88 bits per heavy atom. The van der Waals surface area contributed by atoms with E-state index >= 15 is 0 Å². The number of carbonyl (C=O) groups is 1. The summed E-state index contributed by atoms with van der Waals surface area (Å²) >= 11 is 0. The number of halogens is 1.